The molecule has 2 N–H and O–H groups in total. The van der Waals surface area contributed by atoms with Crippen LogP contribution in [0.4, 0.5) is 13.2 Å². The number of nitrogens with two attached hydrogens (primary N) is 1. The van der Waals surface area contributed by atoms with Gasteiger partial charge in [0.2, 0.25) is 0 Å². The molecule has 0 saturated heterocycles. The summed E-state index contributed by atoms with van der Waals surface area (Å²) in [7, 11) is 1.21. The molecule has 0 amide bonds. The molecule has 1 aromatic rings. The Kier molecular flexibility index (Phi) is 4.71. The minimum Gasteiger partial charge on any atom is -0.469 e. The summed E-state index contributed by atoms with van der Waals surface area (Å²) in [6, 6.07) is 1.15. The van der Waals surface area contributed by atoms with Crippen molar-refractivity contribution in [1.29, 1.82) is 0 Å². The van der Waals surface area contributed by atoms with E-state index in [-0.39, 0.29) is 18.7 Å². The smallest absolute Gasteiger partial charge is 0.469 e. The van der Waals surface area contributed by atoms with E-state index in [4.69, 9.17) is 5.73 Å². The minimum absolute atomic E-state index is 0.0678. The third-order valence-electron chi connectivity index (χ3n) is 2.32. The Hall–Kier alpha value is -1.83. The average Bonchev–Trinajstić information content (AvgIpc) is 2.30. The predicted molar refractivity (Wildman–Crippen MR) is 59.3 cm³/mol. The number of pyridine rings is 1. The van der Waals surface area contributed by atoms with Crippen LogP contribution < -0.4 is 10.5 Å². The Morgan fingerprint density at radius 3 is 2.53 bits per heavy atom. The predicted octanol–water partition coefficient (Wildman–Crippen LogP) is 1.46. The van der Waals surface area contributed by atoms with Gasteiger partial charge < -0.3 is 15.2 Å². The normalized spacial score (nSPS) is 11.3. The van der Waals surface area contributed by atoms with E-state index in [1.54, 1.807) is 0 Å². The van der Waals surface area contributed by atoms with Crippen molar-refractivity contribution in [3.05, 3.63) is 23.0 Å². The number of hydrogen-bond acceptors (Lipinski definition) is 5. The van der Waals surface area contributed by atoms with E-state index in [0.717, 1.165) is 6.07 Å². The summed E-state index contributed by atoms with van der Waals surface area (Å²) in [6.45, 7) is 1.29. The number of aryl methyl sites for hydroxylation is 1. The van der Waals surface area contributed by atoms with Gasteiger partial charge >= 0.3 is 12.3 Å². The zero-order valence-corrected chi connectivity index (χ0v) is 10.4. The maximum absolute atomic E-state index is 12.2. The lowest BCUT2D eigenvalue weighted by atomic mass is 10.1. The largest absolute Gasteiger partial charge is 0.573 e. The van der Waals surface area contributed by atoms with Gasteiger partial charge in [-0.15, -0.1) is 13.2 Å². The topological polar surface area (TPSA) is 74.4 Å². The van der Waals surface area contributed by atoms with Gasteiger partial charge in [0.15, 0.2) is 5.75 Å². The lowest BCUT2D eigenvalue weighted by Gasteiger charge is -2.14. The molecule has 0 unspecified atom stereocenters. The number of methoxy groups -OCH3 is 1. The Labute approximate surface area is 107 Å². The number of rotatable bonds is 4. The fourth-order valence-electron chi connectivity index (χ4n) is 1.42. The van der Waals surface area contributed by atoms with Crippen LogP contribution in [0.2, 0.25) is 0 Å². The van der Waals surface area contributed by atoms with Crippen molar-refractivity contribution in [2.45, 2.75) is 26.3 Å². The third-order valence-corrected chi connectivity index (χ3v) is 2.32. The molecule has 0 radical (unpaired) electrons. The van der Waals surface area contributed by atoms with E-state index < -0.39 is 18.1 Å². The van der Waals surface area contributed by atoms with E-state index >= 15 is 0 Å². The van der Waals surface area contributed by atoms with Gasteiger partial charge in [-0.25, -0.2) is 0 Å². The maximum Gasteiger partial charge on any atom is 0.573 e. The van der Waals surface area contributed by atoms with Gasteiger partial charge in [-0.3, -0.25) is 9.78 Å². The number of carbonyl (C=O) groups is 1. The molecule has 0 atom stereocenters. The van der Waals surface area contributed by atoms with Gasteiger partial charge in [0.1, 0.15) is 0 Å². The molecule has 0 bridgehead atoms. The molecule has 0 aliphatic rings. The second-order valence-corrected chi connectivity index (χ2v) is 3.70. The molecule has 106 valence electrons. The highest BCUT2D eigenvalue weighted by Gasteiger charge is 2.32. The summed E-state index contributed by atoms with van der Waals surface area (Å²) >= 11 is 0. The van der Waals surface area contributed by atoms with Gasteiger partial charge in [0.25, 0.3) is 0 Å². The molecule has 0 aliphatic heterocycles. The summed E-state index contributed by atoms with van der Waals surface area (Å²) in [4.78, 5) is 15.1. The second kappa shape index (κ2) is 5.87. The summed E-state index contributed by atoms with van der Waals surface area (Å²) < 4.78 is 44.9. The zero-order chi connectivity index (χ0) is 14.6. The van der Waals surface area contributed by atoms with Crippen molar-refractivity contribution in [2.75, 3.05) is 7.11 Å². The van der Waals surface area contributed by atoms with Crippen LogP contribution in [0.15, 0.2) is 6.07 Å². The Morgan fingerprint density at radius 1 is 1.42 bits per heavy atom. The van der Waals surface area contributed by atoms with Gasteiger partial charge in [-0.05, 0) is 18.6 Å². The molecule has 1 rings (SSSR count). The molecule has 19 heavy (non-hydrogen) atoms. The molecular formula is C11H13F3N2O3. The second-order valence-electron chi connectivity index (χ2n) is 3.70. The zero-order valence-electron chi connectivity index (χ0n) is 10.4. The maximum atomic E-state index is 12.2. The van der Waals surface area contributed by atoms with E-state index in [1.807, 2.05) is 0 Å². The van der Waals surface area contributed by atoms with Gasteiger partial charge in [-0.2, -0.15) is 0 Å². The SMILES string of the molecule is COC(=O)Cc1nc(CN)c(OC(F)(F)F)cc1C. The molecular weight excluding hydrogens is 265 g/mol. The third kappa shape index (κ3) is 4.40. The molecule has 1 aromatic heterocycles. The van der Waals surface area contributed by atoms with Crippen LogP contribution in [0.25, 0.3) is 0 Å². The van der Waals surface area contributed by atoms with Gasteiger partial charge in [0, 0.05) is 6.54 Å². The summed E-state index contributed by atoms with van der Waals surface area (Å²) in [5.41, 5.74) is 5.96. The fraction of sp³-hybridized carbons (Fsp3) is 0.455. The number of halogens is 3. The Morgan fingerprint density at radius 2 is 2.05 bits per heavy atom. The lowest BCUT2D eigenvalue weighted by Crippen LogP contribution is -2.20. The number of carbonyl (C=O) groups excluding carboxylic acids is 1. The van der Waals surface area contributed by atoms with Crippen LogP contribution in [0, 0.1) is 6.92 Å². The molecule has 0 spiro atoms. The molecule has 8 heteroatoms. The number of ether oxygens (including phenoxy) is 2. The van der Waals surface area contributed by atoms with E-state index in [9.17, 15) is 18.0 Å². The number of hydrogen-bond donors (Lipinski definition) is 1. The van der Waals surface area contributed by atoms with Crippen LogP contribution in [0.5, 0.6) is 5.75 Å². The Balaban J connectivity index is 3.10. The molecule has 0 aromatic carbocycles. The molecule has 0 aliphatic carbocycles. The van der Waals surface area contributed by atoms with Crippen molar-refractivity contribution in [3.8, 4) is 5.75 Å². The molecule has 0 fully saturated rings. The number of alkyl halides is 3. The monoisotopic (exact) mass is 278 g/mol. The van der Waals surface area contributed by atoms with Crippen LogP contribution in [0.1, 0.15) is 17.0 Å². The fourth-order valence-corrected chi connectivity index (χ4v) is 1.42. The summed E-state index contributed by atoms with van der Waals surface area (Å²) in [5.74, 6) is -0.996. The highest BCUT2D eigenvalue weighted by molar-refractivity contribution is 5.72. The quantitative estimate of drug-likeness (QED) is 0.844. The summed E-state index contributed by atoms with van der Waals surface area (Å²) in [6.07, 6.45) is -4.95. The number of aromatic nitrogens is 1. The molecule has 5 nitrogen and oxygen atoms in total. The van der Waals surface area contributed by atoms with Gasteiger partial charge in [0.05, 0.1) is 24.9 Å². The minimum atomic E-state index is -4.82. The van der Waals surface area contributed by atoms with Crippen LogP contribution in [-0.4, -0.2) is 24.4 Å². The van der Waals surface area contributed by atoms with Gasteiger partial charge in [-0.1, -0.05) is 0 Å². The van der Waals surface area contributed by atoms with Crippen LogP contribution in [0.3, 0.4) is 0 Å². The van der Waals surface area contributed by atoms with Crippen LogP contribution >= 0.6 is 0 Å². The van der Waals surface area contributed by atoms with Crippen molar-refractivity contribution in [1.82, 2.24) is 4.98 Å². The Bertz CT molecular complexity index is 475. The highest BCUT2D eigenvalue weighted by Crippen LogP contribution is 2.27. The molecule has 1 heterocycles. The van der Waals surface area contributed by atoms with E-state index in [1.165, 1.54) is 14.0 Å². The van der Waals surface area contributed by atoms with E-state index in [2.05, 4.69) is 14.5 Å². The van der Waals surface area contributed by atoms with Crippen LogP contribution in [-0.2, 0) is 22.5 Å². The highest BCUT2D eigenvalue weighted by atomic mass is 19.4. The van der Waals surface area contributed by atoms with E-state index in [0.29, 0.717) is 11.3 Å². The first-order valence-corrected chi connectivity index (χ1v) is 5.29. The number of nitrogens with zero attached hydrogens (tertiary/aromatic N) is 1. The average molecular weight is 278 g/mol. The number of esters is 1. The van der Waals surface area contributed by atoms with Crippen molar-refractivity contribution in [3.63, 3.8) is 0 Å². The lowest BCUT2D eigenvalue weighted by molar-refractivity contribution is -0.275. The summed E-state index contributed by atoms with van der Waals surface area (Å²) in [5, 5.41) is 0. The van der Waals surface area contributed by atoms with Crippen molar-refractivity contribution >= 4 is 5.97 Å². The first-order valence-electron chi connectivity index (χ1n) is 5.29. The first kappa shape index (κ1) is 15.2. The molecule has 0 saturated carbocycles. The standard InChI is InChI=1S/C11H13F3N2O3/c1-6-3-9(19-11(12,13)14)8(5-15)16-7(6)4-10(17)18-2/h3H,4-5,15H2,1-2H3. The van der Waals surface area contributed by atoms with Crippen molar-refractivity contribution in [2.24, 2.45) is 5.73 Å². The first-order chi connectivity index (χ1) is 8.76. The van der Waals surface area contributed by atoms with Crippen molar-refractivity contribution < 1.29 is 27.4 Å².